The Balaban J connectivity index is 0.00000128. The fraction of sp³-hybridized carbons (Fsp3) is 0.909. The summed E-state index contributed by atoms with van der Waals surface area (Å²) in [7, 11) is 2.14. The first kappa shape index (κ1) is 17.0. The van der Waals surface area contributed by atoms with Gasteiger partial charge in [0.2, 0.25) is 5.91 Å². The van der Waals surface area contributed by atoms with E-state index in [1.54, 1.807) is 0 Å². The number of halogens is 2. The SMILES string of the molecule is CN1CCC(CNC(=O)[C@@H]2CCCN2)C1.Cl.Cl. The second kappa shape index (κ2) is 8.14. The van der Waals surface area contributed by atoms with Crippen molar-refractivity contribution in [1.29, 1.82) is 0 Å². The van der Waals surface area contributed by atoms with Gasteiger partial charge in [0.1, 0.15) is 0 Å². The monoisotopic (exact) mass is 283 g/mol. The average Bonchev–Trinajstić information content (AvgIpc) is 2.84. The highest BCUT2D eigenvalue weighted by Crippen LogP contribution is 2.13. The standard InChI is InChI=1S/C11H21N3O.2ClH/c1-14-6-4-9(8-14)7-13-11(15)10-3-2-5-12-10;;/h9-10,12H,2-8H2,1H3,(H,13,15);2*1H/t9?,10-;;/m0../s1. The minimum atomic E-state index is 0. The van der Waals surface area contributed by atoms with Crippen molar-refractivity contribution in [2.45, 2.75) is 25.3 Å². The van der Waals surface area contributed by atoms with E-state index in [2.05, 4.69) is 22.6 Å². The van der Waals surface area contributed by atoms with Gasteiger partial charge in [-0.2, -0.15) is 0 Å². The van der Waals surface area contributed by atoms with Crippen LogP contribution in [0.5, 0.6) is 0 Å². The van der Waals surface area contributed by atoms with Crippen molar-refractivity contribution >= 4 is 30.7 Å². The maximum Gasteiger partial charge on any atom is 0.237 e. The number of nitrogens with one attached hydrogen (secondary N) is 2. The normalized spacial score (nSPS) is 28.3. The molecule has 102 valence electrons. The molecule has 2 rings (SSSR count). The van der Waals surface area contributed by atoms with Crippen LogP contribution >= 0.6 is 24.8 Å². The fourth-order valence-corrected chi connectivity index (χ4v) is 2.47. The Hall–Kier alpha value is -0.0300. The Labute approximate surface area is 116 Å². The second-order valence-electron chi connectivity index (χ2n) is 4.81. The molecule has 2 heterocycles. The van der Waals surface area contributed by atoms with Gasteiger partial charge >= 0.3 is 0 Å². The van der Waals surface area contributed by atoms with Gasteiger partial charge in [0.05, 0.1) is 6.04 Å². The smallest absolute Gasteiger partial charge is 0.237 e. The van der Waals surface area contributed by atoms with Crippen molar-refractivity contribution in [1.82, 2.24) is 15.5 Å². The van der Waals surface area contributed by atoms with E-state index in [1.807, 2.05) is 0 Å². The third kappa shape index (κ3) is 5.00. The molecule has 0 aromatic carbocycles. The molecule has 17 heavy (non-hydrogen) atoms. The zero-order valence-electron chi connectivity index (χ0n) is 10.3. The van der Waals surface area contributed by atoms with Crippen LogP contribution in [0.15, 0.2) is 0 Å². The Morgan fingerprint density at radius 2 is 2.18 bits per heavy atom. The van der Waals surface area contributed by atoms with E-state index in [1.165, 1.54) is 13.0 Å². The summed E-state index contributed by atoms with van der Waals surface area (Å²) in [5.74, 6) is 0.849. The second-order valence-corrected chi connectivity index (χ2v) is 4.81. The van der Waals surface area contributed by atoms with Crippen LogP contribution < -0.4 is 10.6 Å². The minimum absolute atomic E-state index is 0. The summed E-state index contributed by atoms with van der Waals surface area (Å²) in [6.07, 6.45) is 3.34. The van der Waals surface area contributed by atoms with Gasteiger partial charge < -0.3 is 15.5 Å². The van der Waals surface area contributed by atoms with Crippen molar-refractivity contribution in [2.75, 3.05) is 33.2 Å². The highest BCUT2D eigenvalue weighted by atomic mass is 35.5. The van der Waals surface area contributed by atoms with Crippen molar-refractivity contribution in [2.24, 2.45) is 5.92 Å². The summed E-state index contributed by atoms with van der Waals surface area (Å²) >= 11 is 0. The van der Waals surface area contributed by atoms with E-state index in [4.69, 9.17) is 0 Å². The molecule has 2 N–H and O–H groups in total. The van der Waals surface area contributed by atoms with Gasteiger partial charge in [0, 0.05) is 13.1 Å². The summed E-state index contributed by atoms with van der Waals surface area (Å²) in [6.45, 7) is 4.13. The van der Waals surface area contributed by atoms with Crippen LogP contribution in [0, 0.1) is 5.92 Å². The predicted octanol–water partition coefficient (Wildman–Crippen LogP) is 0.650. The Bertz CT molecular complexity index is 235. The molecule has 0 spiro atoms. The van der Waals surface area contributed by atoms with Crippen LogP contribution in [0.25, 0.3) is 0 Å². The zero-order valence-corrected chi connectivity index (χ0v) is 11.9. The number of carbonyl (C=O) groups excluding carboxylic acids is 1. The summed E-state index contributed by atoms with van der Waals surface area (Å²) in [5, 5.41) is 6.28. The van der Waals surface area contributed by atoms with Gasteiger partial charge in [-0.1, -0.05) is 0 Å². The molecule has 2 aliphatic rings. The lowest BCUT2D eigenvalue weighted by molar-refractivity contribution is -0.122. The molecular formula is C11H23Cl2N3O. The molecule has 0 aromatic heterocycles. The van der Waals surface area contributed by atoms with Gasteiger partial charge in [0.25, 0.3) is 0 Å². The van der Waals surface area contributed by atoms with Gasteiger partial charge in [-0.05, 0) is 45.3 Å². The van der Waals surface area contributed by atoms with Gasteiger partial charge in [-0.15, -0.1) is 24.8 Å². The van der Waals surface area contributed by atoms with E-state index in [0.717, 1.165) is 32.5 Å². The Morgan fingerprint density at radius 1 is 1.41 bits per heavy atom. The summed E-state index contributed by atoms with van der Waals surface area (Å²) in [5.41, 5.74) is 0. The maximum absolute atomic E-state index is 11.7. The van der Waals surface area contributed by atoms with Crippen molar-refractivity contribution < 1.29 is 4.79 Å². The predicted molar refractivity (Wildman–Crippen MR) is 74.1 cm³/mol. The van der Waals surface area contributed by atoms with Crippen LogP contribution in [0.3, 0.4) is 0 Å². The van der Waals surface area contributed by atoms with Gasteiger partial charge in [0.15, 0.2) is 0 Å². The zero-order chi connectivity index (χ0) is 10.7. The first-order valence-electron chi connectivity index (χ1n) is 5.95. The topological polar surface area (TPSA) is 44.4 Å². The van der Waals surface area contributed by atoms with Crippen LogP contribution in [-0.2, 0) is 4.79 Å². The molecule has 0 bridgehead atoms. The fourth-order valence-electron chi connectivity index (χ4n) is 2.47. The van der Waals surface area contributed by atoms with Crippen molar-refractivity contribution in [3.05, 3.63) is 0 Å². The molecule has 0 aliphatic carbocycles. The highest BCUT2D eigenvalue weighted by molar-refractivity contribution is 5.85. The van der Waals surface area contributed by atoms with Crippen LogP contribution in [0.1, 0.15) is 19.3 Å². The number of hydrogen-bond acceptors (Lipinski definition) is 3. The number of hydrogen-bond donors (Lipinski definition) is 2. The first-order chi connectivity index (χ1) is 7.25. The lowest BCUT2D eigenvalue weighted by Gasteiger charge is -2.14. The maximum atomic E-state index is 11.7. The van der Waals surface area contributed by atoms with Gasteiger partial charge in [-0.3, -0.25) is 4.79 Å². The molecule has 2 fully saturated rings. The lowest BCUT2D eigenvalue weighted by Crippen LogP contribution is -2.42. The number of nitrogens with zero attached hydrogens (tertiary/aromatic N) is 1. The number of likely N-dealkylation sites (tertiary alicyclic amines) is 1. The summed E-state index contributed by atoms with van der Waals surface area (Å²) in [4.78, 5) is 14.0. The third-order valence-corrected chi connectivity index (χ3v) is 3.43. The van der Waals surface area contributed by atoms with E-state index in [0.29, 0.717) is 5.92 Å². The molecular weight excluding hydrogens is 261 g/mol. The molecule has 2 atom stereocenters. The lowest BCUT2D eigenvalue weighted by atomic mass is 10.1. The molecule has 0 aromatic rings. The van der Waals surface area contributed by atoms with Crippen molar-refractivity contribution in [3.8, 4) is 0 Å². The highest BCUT2D eigenvalue weighted by Gasteiger charge is 2.24. The van der Waals surface area contributed by atoms with E-state index in [9.17, 15) is 4.79 Å². The van der Waals surface area contributed by atoms with E-state index in [-0.39, 0.29) is 36.8 Å². The molecule has 0 saturated carbocycles. The van der Waals surface area contributed by atoms with E-state index < -0.39 is 0 Å². The number of carbonyl (C=O) groups is 1. The van der Waals surface area contributed by atoms with Crippen molar-refractivity contribution in [3.63, 3.8) is 0 Å². The van der Waals surface area contributed by atoms with Crippen LogP contribution in [0.2, 0.25) is 0 Å². The average molecular weight is 284 g/mol. The molecule has 2 saturated heterocycles. The third-order valence-electron chi connectivity index (χ3n) is 3.43. The van der Waals surface area contributed by atoms with Crippen LogP contribution in [0.4, 0.5) is 0 Å². The first-order valence-corrected chi connectivity index (χ1v) is 5.95. The Kier molecular flexibility index (Phi) is 8.12. The molecule has 4 nitrogen and oxygen atoms in total. The van der Waals surface area contributed by atoms with E-state index >= 15 is 0 Å². The minimum Gasteiger partial charge on any atom is -0.354 e. The summed E-state index contributed by atoms with van der Waals surface area (Å²) < 4.78 is 0. The molecule has 1 unspecified atom stereocenters. The quantitative estimate of drug-likeness (QED) is 0.800. The Morgan fingerprint density at radius 3 is 2.71 bits per heavy atom. The largest absolute Gasteiger partial charge is 0.354 e. The number of rotatable bonds is 3. The molecule has 0 radical (unpaired) electrons. The molecule has 1 amide bonds. The molecule has 2 aliphatic heterocycles. The van der Waals surface area contributed by atoms with Gasteiger partial charge in [-0.25, -0.2) is 0 Å². The summed E-state index contributed by atoms with van der Waals surface area (Å²) in [6, 6.07) is 0.0733. The molecule has 6 heteroatoms. The van der Waals surface area contributed by atoms with Crippen LogP contribution in [-0.4, -0.2) is 50.1 Å². The number of amides is 1.